The van der Waals surface area contributed by atoms with Crippen LogP contribution in [0.3, 0.4) is 0 Å². The average molecular weight is 344 g/mol. The molecule has 6 nitrogen and oxygen atoms in total. The second-order valence-electron chi connectivity index (χ2n) is 5.63. The summed E-state index contributed by atoms with van der Waals surface area (Å²) in [6, 6.07) is 16.8. The van der Waals surface area contributed by atoms with Gasteiger partial charge in [-0.25, -0.2) is 0 Å². The zero-order valence-corrected chi connectivity index (χ0v) is 14.4. The molecule has 128 valence electrons. The van der Waals surface area contributed by atoms with Crippen molar-refractivity contribution in [1.82, 2.24) is 4.90 Å². The maximum absolute atomic E-state index is 12.3. The molecule has 0 spiro atoms. The molecule has 0 aliphatic carbocycles. The third kappa shape index (κ3) is 4.56. The van der Waals surface area contributed by atoms with Crippen molar-refractivity contribution in [2.24, 2.45) is 0 Å². The standard InChI is InChI=1S/C20H16N4O2/c1-24(2)20(26)16-7-9-18(10-8-16)23-19(25)17(13-22)11-14-3-5-15(12-21)6-4-14/h3-11H,1-2H3,(H,23,25)/b17-11+. The van der Waals surface area contributed by atoms with Crippen LogP contribution in [0.4, 0.5) is 5.69 Å². The van der Waals surface area contributed by atoms with Crippen molar-refractivity contribution in [2.75, 3.05) is 19.4 Å². The smallest absolute Gasteiger partial charge is 0.266 e. The van der Waals surface area contributed by atoms with Crippen LogP contribution in [0.5, 0.6) is 0 Å². The van der Waals surface area contributed by atoms with Crippen molar-refractivity contribution in [2.45, 2.75) is 0 Å². The van der Waals surface area contributed by atoms with Crippen LogP contribution in [0.2, 0.25) is 0 Å². The molecule has 0 radical (unpaired) electrons. The Morgan fingerprint density at radius 2 is 1.62 bits per heavy atom. The maximum Gasteiger partial charge on any atom is 0.266 e. The summed E-state index contributed by atoms with van der Waals surface area (Å²) in [6.45, 7) is 0. The quantitative estimate of drug-likeness (QED) is 0.681. The summed E-state index contributed by atoms with van der Waals surface area (Å²) < 4.78 is 0. The Morgan fingerprint density at radius 3 is 2.12 bits per heavy atom. The van der Waals surface area contributed by atoms with Crippen molar-refractivity contribution >= 4 is 23.6 Å². The predicted octanol–water partition coefficient (Wildman–Crippen LogP) is 2.81. The molecular formula is C20H16N4O2. The van der Waals surface area contributed by atoms with E-state index in [1.54, 1.807) is 62.6 Å². The van der Waals surface area contributed by atoms with Gasteiger partial charge in [-0.3, -0.25) is 9.59 Å². The molecule has 0 aliphatic rings. The minimum absolute atomic E-state index is 0.0665. The van der Waals surface area contributed by atoms with E-state index >= 15 is 0 Å². The van der Waals surface area contributed by atoms with Crippen LogP contribution in [-0.2, 0) is 4.79 Å². The number of anilines is 1. The molecule has 0 heterocycles. The Bertz CT molecular complexity index is 928. The van der Waals surface area contributed by atoms with Crippen LogP contribution in [0.25, 0.3) is 6.08 Å². The summed E-state index contributed by atoms with van der Waals surface area (Å²) in [5.41, 5.74) is 2.05. The SMILES string of the molecule is CN(C)C(=O)c1ccc(NC(=O)/C(C#N)=C/c2ccc(C#N)cc2)cc1. The van der Waals surface area contributed by atoms with Crippen LogP contribution in [0.1, 0.15) is 21.5 Å². The van der Waals surface area contributed by atoms with Gasteiger partial charge in [0.25, 0.3) is 11.8 Å². The Labute approximate surface area is 151 Å². The largest absolute Gasteiger partial charge is 0.345 e. The molecule has 0 unspecified atom stereocenters. The third-order valence-electron chi connectivity index (χ3n) is 3.51. The predicted molar refractivity (Wildman–Crippen MR) is 97.8 cm³/mol. The molecule has 0 saturated carbocycles. The summed E-state index contributed by atoms with van der Waals surface area (Å²) in [7, 11) is 3.32. The van der Waals surface area contributed by atoms with E-state index in [1.807, 2.05) is 12.1 Å². The average Bonchev–Trinajstić information content (AvgIpc) is 2.66. The molecule has 2 rings (SSSR count). The lowest BCUT2D eigenvalue weighted by atomic mass is 10.1. The van der Waals surface area contributed by atoms with Gasteiger partial charge in [-0.1, -0.05) is 12.1 Å². The van der Waals surface area contributed by atoms with Crippen LogP contribution < -0.4 is 5.32 Å². The van der Waals surface area contributed by atoms with Gasteiger partial charge in [0.1, 0.15) is 11.6 Å². The lowest BCUT2D eigenvalue weighted by Crippen LogP contribution is -2.21. The molecule has 1 N–H and O–H groups in total. The fraction of sp³-hybridized carbons (Fsp3) is 0.100. The van der Waals surface area contributed by atoms with Gasteiger partial charge in [-0.05, 0) is 48.0 Å². The number of benzene rings is 2. The monoisotopic (exact) mass is 344 g/mol. The molecule has 0 saturated heterocycles. The van der Waals surface area contributed by atoms with E-state index in [0.717, 1.165) is 0 Å². The van der Waals surface area contributed by atoms with Crippen LogP contribution >= 0.6 is 0 Å². The van der Waals surface area contributed by atoms with Gasteiger partial charge in [0.15, 0.2) is 0 Å². The van der Waals surface area contributed by atoms with Gasteiger partial charge in [0.2, 0.25) is 0 Å². The zero-order chi connectivity index (χ0) is 19.1. The number of nitrogens with zero attached hydrogens (tertiary/aromatic N) is 3. The van der Waals surface area contributed by atoms with Crippen LogP contribution in [0, 0.1) is 22.7 Å². The second kappa shape index (κ2) is 8.27. The summed E-state index contributed by atoms with van der Waals surface area (Å²) in [5.74, 6) is -0.690. The molecule has 0 aliphatic heterocycles. The lowest BCUT2D eigenvalue weighted by Gasteiger charge is -2.10. The van der Waals surface area contributed by atoms with Crippen molar-refractivity contribution in [1.29, 1.82) is 10.5 Å². The van der Waals surface area contributed by atoms with Crippen LogP contribution in [0.15, 0.2) is 54.1 Å². The molecule has 0 bridgehead atoms. The van der Waals surface area contributed by atoms with Gasteiger partial charge < -0.3 is 10.2 Å². The number of nitrogens with one attached hydrogen (secondary N) is 1. The Hall–Kier alpha value is -3.90. The Balaban J connectivity index is 2.14. The van der Waals surface area contributed by atoms with E-state index in [9.17, 15) is 14.9 Å². The molecule has 2 aromatic rings. The number of nitriles is 2. The molecule has 2 amide bonds. The van der Waals surface area contributed by atoms with Gasteiger partial charge in [-0.2, -0.15) is 10.5 Å². The Morgan fingerprint density at radius 1 is 1.00 bits per heavy atom. The number of hydrogen-bond acceptors (Lipinski definition) is 4. The van der Waals surface area contributed by atoms with Gasteiger partial charge in [0, 0.05) is 25.3 Å². The first-order valence-corrected chi connectivity index (χ1v) is 7.69. The fourth-order valence-electron chi connectivity index (χ4n) is 2.12. The molecule has 0 fully saturated rings. The molecule has 0 atom stereocenters. The highest BCUT2D eigenvalue weighted by Gasteiger charge is 2.11. The number of carbonyl (C=O) groups excluding carboxylic acids is 2. The lowest BCUT2D eigenvalue weighted by molar-refractivity contribution is -0.112. The third-order valence-corrected chi connectivity index (χ3v) is 3.51. The fourth-order valence-corrected chi connectivity index (χ4v) is 2.12. The first kappa shape index (κ1) is 18.4. The topological polar surface area (TPSA) is 97.0 Å². The van der Waals surface area contributed by atoms with E-state index in [4.69, 9.17) is 5.26 Å². The number of hydrogen-bond donors (Lipinski definition) is 1. The molecule has 6 heteroatoms. The maximum atomic E-state index is 12.3. The first-order valence-electron chi connectivity index (χ1n) is 7.69. The van der Waals surface area contributed by atoms with E-state index in [0.29, 0.717) is 22.4 Å². The highest BCUT2D eigenvalue weighted by Crippen LogP contribution is 2.14. The molecule has 0 aromatic heterocycles. The highest BCUT2D eigenvalue weighted by molar-refractivity contribution is 6.09. The minimum Gasteiger partial charge on any atom is -0.345 e. The second-order valence-corrected chi connectivity index (χ2v) is 5.63. The minimum atomic E-state index is -0.552. The molecular weight excluding hydrogens is 328 g/mol. The first-order chi connectivity index (χ1) is 12.4. The van der Waals surface area contributed by atoms with Crippen molar-refractivity contribution in [3.63, 3.8) is 0 Å². The van der Waals surface area contributed by atoms with Crippen molar-refractivity contribution in [3.05, 3.63) is 70.8 Å². The zero-order valence-electron chi connectivity index (χ0n) is 14.4. The number of carbonyl (C=O) groups is 2. The van der Waals surface area contributed by atoms with Gasteiger partial charge in [0.05, 0.1) is 11.6 Å². The number of rotatable bonds is 4. The van der Waals surface area contributed by atoms with Crippen molar-refractivity contribution < 1.29 is 9.59 Å². The summed E-state index contributed by atoms with van der Waals surface area (Å²) >= 11 is 0. The normalized spacial score (nSPS) is 10.4. The number of amides is 2. The molecule has 2 aromatic carbocycles. The van der Waals surface area contributed by atoms with E-state index in [2.05, 4.69) is 5.32 Å². The molecule has 26 heavy (non-hydrogen) atoms. The van der Waals surface area contributed by atoms with Gasteiger partial charge in [-0.15, -0.1) is 0 Å². The highest BCUT2D eigenvalue weighted by atomic mass is 16.2. The summed E-state index contributed by atoms with van der Waals surface area (Å²) in [6.07, 6.45) is 1.44. The van der Waals surface area contributed by atoms with E-state index in [1.165, 1.54) is 11.0 Å². The Kier molecular flexibility index (Phi) is 5.87. The summed E-state index contributed by atoms with van der Waals surface area (Å²) in [5, 5.41) is 20.6. The van der Waals surface area contributed by atoms with Gasteiger partial charge >= 0.3 is 0 Å². The van der Waals surface area contributed by atoms with Crippen molar-refractivity contribution in [3.8, 4) is 12.1 Å². The summed E-state index contributed by atoms with van der Waals surface area (Å²) in [4.78, 5) is 25.6. The van der Waals surface area contributed by atoms with E-state index < -0.39 is 5.91 Å². The van der Waals surface area contributed by atoms with E-state index in [-0.39, 0.29) is 11.5 Å². The van der Waals surface area contributed by atoms with Crippen LogP contribution in [-0.4, -0.2) is 30.8 Å².